The van der Waals surface area contributed by atoms with Crippen molar-refractivity contribution in [2.45, 2.75) is 51.7 Å². The van der Waals surface area contributed by atoms with Gasteiger partial charge in [0.05, 0.1) is 13.2 Å². The van der Waals surface area contributed by atoms with Gasteiger partial charge in [-0.25, -0.2) is 13.8 Å². The number of fused-ring (bicyclic) bond motifs is 1. The first-order valence-corrected chi connectivity index (χ1v) is 13.6. The topological polar surface area (TPSA) is 138 Å². The number of benzene rings is 2. The SMILES string of the molecule is CCOC(=O)[C@H](C)NP(=O)(OC[C@H]1O[C@@H](n2cc(C)c(=O)[nH]c2=O)C[C@@H]1F)Oc1cccc2ccccc12. The smallest absolute Gasteiger partial charge is 0.459 e. The zero-order chi connectivity index (χ0) is 27.4. The van der Waals surface area contributed by atoms with Gasteiger partial charge in [0.2, 0.25) is 0 Å². The van der Waals surface area contributed by atoms with E-state index in [0.717, 1.165) is 9.95 Å². The second kappa shape index (κ2) is 11.6. The second-order valence-corrected chi connectivity index (χ2v) is 10.5. The molecule has 11 nitrogen and oxygen atoms in total. The number of halogens is 1. The predicted octanol–water partition coefficient (Wildman–Crippen LogP) is 3.37. The number of ether oxygens (including phenoxy) is 2. The molecule has 4 rings (SSSR count). The van der Waals surface area contributed by atoms with E-state index in [2.05, 4.69) is 10.1 Å². The predicted molar refractivity (Wildman–Crippen MR) is 137 cm³/mol. The number of esters is 1. The molecule has 1 aliphatic heterocycles. The zero-order valence-electron chi connectivity index (χ0n) is 21.1. The van der Waals surface area contributed by atoms with Gasteiger partial charge < -0.3 is 14.0 Å². The van der Waals surface area contributed by atoms with Crippen LogP contribution in [0.4, 0.5) is 4.39 Å². The van der Waals surface area contributed by atoms with E-state index in [1.54, 1.807) is 31.2 Å². The molecule has 5 atom stereocenters. The molecule has 1 aromatic heterocycles. The molecular formula is C25H29FN3O8P. The minimum absolute atomic E-state index is 0.116. The Bertz CT molecular complexity index is 1470. The van der Waals surface area contributed by atoms with Gasteiger partial charge in [-0.15, -0.1) is 0 Å². The minimum atomic E-state index is -4.29. The fraction of sp³-hybridized carbons (Fsp3) is 0.400. The Morgan fingerprint density at radius 1 is 1.26 bits per heavy atom. The first kappa shape index (κ1) is 27.7. The highest BCUT2D eigenvalue weighted by molar-refractivity contribution is 7.52. The fourth-order valence-electron chi connectivity index (χ4n) is 4.03. The van der Waals surface area contributed by atoms with Crippen molar-refractivity contribution in [2.24, 2.45) is 0 Å². The van der Waals surface area contributed by atoms with Crippen LogP contribution in [0.1, 0.15) is 32.1 Å². The molecule has 38 heavy (non-hydrogen) atoms. The van der Waals surface area contributed by atoms with Crippen molar-refractivity contribution in [3.8, 4) is 5.75 Å². The van der Waals surface area contributed by atoms with Crippen molar-refractivity contribution >= 4 is 24.5 Å². The van der Waals surface area contributed by atoms with Crippen LogP contribution in [-0.2, 0) is 23.4 Å². The van der Waals surface area contributed by atoms with E-state index in [0.29, 0.717) is 5.39 Å². The van der Waals surface area contributed by atoms with Gasteiger partial charge in [-0.2, -0.15) is 5.09 Å². The molecule has 1 aliphatic rings. The number of aromatic nitrogens is 2. The van der Waals surface area contributed by atoms with Gasteiger partial charge >= 0.3 is 19.4 Å². The summed E-state index contributed by atoms with van der Waals surface area (Å²) in [5.41, 5.74) is -1.03. The van der Waals surface area contributed by atoms with Gasteiger partial charge in [0.15, 0.2) is 0 Å². The van der Waals surface area contributed by atoms with Crippen LogP contribution in [0, 0.1) is 6.92 Å². The Hall–Kier alpha value is -3.31. The van der Waals surface area contributed by atoms with E-state index in [1.165, 1.54) is 20.0 Å². The normalized spacial score (nSPS) is 21.6. The van der Waals surface area contributed by atoms with Crippen molar-refractivity contribution in [2.75, 3.05) is 13.2 Å². The summed E-state index contributed by atoms with van der Waals surface area (Å²) < 4.78 is 51.9. The Morgan fingerprint density at radius 2 is 2.00 bits per heavy atom. The molecule has 0 radical (unpaired) electrons. The lowest BCUT2D eigenvalue weighted by Gasteiger charge is -2.25. The average molecular weight is 549 g/mol. The maximum Gasteiger partial charge on any atom is 0.459 e. The van der Waals surface area contributed by atoms with Gasteiger partial charge in [-0.3, -0.25) is 23.7 Å². The standard InChI is InChI=1S/C25H29FN3O8P/c1-4-34-24(31)16(3)28-38(33,37-20-11-7-9-17-8-5-6-10-18(17)20)35-14-21-19(26)12-22(36-21)29-13-15(2)23(30)27-25(29)32/h5-11,13,16,19,21-22H,4,12,14H2,1-3H3,(H,28,33)(H,27,30,32)/t16-,19-,21+,22+,38?/m0/s1. The number of carbonyl (C=O) groups is 1. The molecule has 2 N–H and O–H groups in total. The van der Waals surface area contributed by atoms with E-state index < -0.39 is 56.1 Å². The molecule has 1 fully saturated rings. The Kier molecular flexibility index (Phi) is 8.47. The number of alkyl halides is 1. The lowest BCUT2D eigenvalue weighted by molar-refractivity contribution is -0.144. The molecule has 0 spiro atoms. The van der Waals surface area contributed by atoms with Crippen LogP contribution in [0.3, 0.4) is 0 Å². The lowest BCUT2D eigenvalue weighted by Crippen LogP contribution is -2.36. The van der Waals surface area contributed by atoms with Crippen molar-refractivity contribution in [3.05, 3.63) is 75.1 Å². The van der Waals surface area contributed by atoms with Gasteiger partial charge in [-0.1, -0.05) is 36.4 Å². The molecule has 0 amide bonds. The third kappa shape index (κ3) is 6.21. The third-order valence-corrected chi connectivity index (χ3v) is 7.62. The van der Waals surface area contributed by atoms with E-state index in [4.69, 9.17) is 18.5 Å². The molecule has 2 heterocycles. The van der Waals surface area contributed by atoms with E-state index in [-0.39, 0.29) is 24.3 Å². The highest BCUT2D eigenvalue weighted by Crippen LogP contribution is 2.47. The summed E-state index contributed by atoms with van der Waals surface area (Å²) in [6.45, 7) is 4.18. The van der Waals surface area contributed by atoms with E-state index >= 15 is 0 Å². The molecule has 2 aromatic carbocycles. The molecular weight excluding hydrogens is 520 g/mol. The molecule has 204 valence electrons. The number of aromatic amines is 1. The maximum atomic E-state index is 14.9. The molecule has 0 aliphatic carbocycles. The van der Waals surface area contributed by atoms with Gasteiger partial charge in [0.25, 0.3) is 5.56 Å². The molecule has 1 unspecified atom stereocenters. The van der Waals surface area contributed by atoms with E-state index in [1.807, 2.05) is 18.2 Å². The first-order valence-electron chi connectivity index (χ1n) is 12.1. The number of aryl methyl sites for hydroxylation is 1. The Balaban J connectivity index is 1.55. The van der Waals surface area contributed by atoms with Gasteiger partial charge in [0.1, 0.15) is 30.3 Å². The lowest BCUT2D eigenvalue weighted by atomic mass is 10.1. The van der Waals surface area contributed by atoms with E-state index in [9.17, 15) is 23.3 Å². The molecule has 1 saturated heterocycles. The van der Waals surface area contributed by atoms with Gasteiger partial charge in [-0.05, 0) is 32.2 Å². The summed E-state index contributed by atoms with van der Waals surface area (Å²) in [6, 6.07) is 11.3. The number of carbonyl (C=O) groups excluding carboxylic acids is 1. The van der Waals surface area contributed by atoms with Crippen LogP contribution >= 0.6 is 7.75 Å². The zero-order valence-corrected chi connectivity index (χ0v) is 22.0. The number of rotatable bonds is 10. The quantitative estimate of drug-likeness (QED) is 0.288. The number of nitrogens with one attached hydrogen (secondary N) is 2. The van der Waals surface area contributed by atoms with Crippen LogP contribution in [0.25, 0.3) is 10.8 Å². The van der Waals surface area contributed by atoms with Crippen molar-refractivity contribution < 1.29 is 32.3 Å². The number of hydrogen-bond donors (Lipinski definition) is 2. The molecule has 0 saturated carbocycles. The van der Waals surface area contributed by atoms with Crippen LogP contribution in [0.15, 0.2) is 58.3 Å². The number of nitrogens with zero attached hydrogens (tertiary/aromatic N) is 1. The largest absolute Gasteiger partial charge is 0.465 e. The van der Waals surface area contributed by atoms with Crippen LogP contribution in [0.5, 0.6) is 5.75 Å². The summed E-state index contributed by atoms with van der Waals surface area (Å²) in [5, 5.41) is 4.03. The first-order chi connectivity index (χ1) is 18.1. The Morgan fingerprint density at radius 3 is 2.76 bits per heavy atom. The maximum absolute atomic E-state index is 14.9. The van der Waals surface area contributed by atoms with Crippen LogP contribution in [0.2, 0.25) is 0 Å². The van der Waals surface area contributed by atoms with Crippen molar-refractivity contribution in [3.63, 3.8) is 0 Å². The molecule has 0 bridgehead atoms. The summed E-state index contributed by atoms with van der Waals surface area (Å²) in [6.07, 6.45) is -2.69. The van der Waals surface area contributed by atoms with Gasteiger partial charge in [0, 0.05) is 23.6 Å². The highest BCUT2D eigenvalue weighted by atomic mass is 31.2. The van der Waals surface area contributed by atoms with Crippen molar-refractivity contribution in [1.29, 1.82) is 0 Å². The number of hydrogen-bond acceptors (Lipinski definition) is 8. The minimum Gasteiger partial charge on any atom is -0.465 e. The summed E-state index contributed by atoms with van der Waals surface area (Å²) >= 11 is 0. The number of H-pyrrole nitrogens is 1. The Labute approximate surface area is 217 Å². The van der Waals surface area contributed by atoms with Crippen LogP contribution < -0.4 is 20.9 Å². The third-order valence-electron chi connectivity index (χ3n) is 5.99. The monoisotopic (exact) mass is 549 g/mol. The fourth-order valence-corrected chi connectivity index (χ4v) is 5.55. The second-order valence-electron chi connectivity index (χ2n) is 8.82. The van der Waals surface area contributed by atoms with Crippen molar-refractivity contribution in [1.82, 2.24) is 14.6 Å². The summed E-state index contributed by atoms with van der Waals surface area (Å²) in [7, 11) is -4.29. The molecule has 13 heteroatoms. The van der Waals surface area contributed by atoms with Crippen LogP contribution in [-0.4, -0.2) is 47.1 Å². The summed E-state index contributed by atoms with van der Waals surface area (Å²) in [4.78, 5) is 38.3. The average Bonchev–Trinajstić information content (AvgIpc) is 3.25. The highest BCUT2D eigenvalue weighted by Gasteiger charge is 2.40. The summed E-state index contributed by atoms with van der Waals surface area (Å²) in [5.74, 6) is -0.446. The molecule has 3 aromatic rings.